The molecule has 0 amide bonds. The first kappa shape index (κ1) is 17.0. The highest BCUT2D eigenvalue weighted by atomic mass is 16.5. The summed E-state index contributed by atoms with van der Waals surface area (Å²) in [6.07, 6.45) is 5.51. The first-order chi connectivity index (χ1) is 12.2. The van der Waals surface area contributed by atoms with E-state index in [1.807, 2.05) is 29.0 Å². The number of imidazole rings is 1. The molecule has 0 saturated carbocycles. The van der Waals surface area contributed by atoms with Crippen molar-refractivity contribution in [3.8, 4) is 17.2 Å². The standard InChI is InChI=1S/C20H23N3O2/c1-15(16-4-6-18(7-5-16)23-11-10-21-14-23)22-13-17-12-19(24-2)8-9-20(17)25-3/h4-12,14-15,22H,13H2,1-3H3/t15-/m0/s1. The van der Waals surface area contributed by atoms with Gasteiger partial charge in [-0.25, -0.2) is 4.98 Å². The average Bonchev–Trinajstić information content (AvgIpc) is 3.20. The summed E-state index contributed by atoms with van der Waals surface area (Å²) in [6, 6.07) is 14.5. The van der Waals surface area contributed by atoms with E-state index in [-0.39, 0.29) is 6.04 Å². The molecule has 1 atom stereocenters. The van der Waals surface area contributed by atoms with Crippen molar-refractivity contribution in [1.29, 1.82) is 0 Å². The zero-order valence-electron chi connectivity index (χ0n) is 14.8. The predicted molar refractivity (Wildman–Crippen MR) is 98.4 cm³/mol. The van der Waals surface area contributed by atoms with Crippen molar-refractivity contribution in [3.63, 3.8) is 0 Å². The van der Waals surface area contributed by atoms with Crippen molar-refractivity contribution in [1.82, 2.24) is 14.9 Å². The second-order valence-corrected chi connectivity index (χ2v) is 5.84. The number of nitrogens with zero attached hydrogens (tertiary/aromatic N) is 2. The molecule has 1 heterocycles. The molecular formula is C20H23N3O2. The molecule has 2 aromatic carbocycles. The molecule has 25 heavy (non-hydrogen) atoms. The number of ether oxygens (including phenoxy) is 2. The van der Waals surface area contributed by atoms with Crippen molar-refractivity contribution in [2.24, 2.45) is 0 Å². The van der Waals surface area contributed by atoms with Gasteiger partial charge < -0.3 is 19.4 Å². The second-order valence-electron chi connectivity index (χ2n) is 5.84. The maximum absolute atomic E-state index is 5.44. The normalized spacial score (nSPS) is 12.0. The van der Waals surface area contributed by atoms with Crippen LogP contribution in [0, 0.1) is 0 Å². The quantitative estimate of drug-likeness (QED) is 0.713. The third kappa shape index (κ3) is 4.00. The molecule has 0 bridgehead atoms. The summed E-state index contributed by atoms with van der Waals surface area (Å²) in [5.41, 5.74) is 3.40. The fourth-order valence-electron chi connectivity index (χ4n) is 2.75. The lowest BCUT2D eigenvalue weighted by Gasteiger charge is -2.17. The second kappa shape index (κ2) is 7.85. The monoisotopic (exact) mass is 337 g/mol. The molecule has 5 heteroatoms. The van der Waals surface area contributed by atoms with Gasteiger partial charge in [0.2, 0.25) is 0 Å². The van der Waals surface area contributed by atoms with E-state index in [1.54, 1.807) is 26.7 Å². The number of nitrogens with one attached hydrogen (secondary N) is 1. The molecule has 3 aromatic rings. The number of aromatic nitrogens is 2. The molecule has 130 valence electrons. The topological polar surface area (TPSA) is 48.3 Å². The molecule has 5 nitrogen and oxygen atoms in total. The van der Waals surface area contributed by atoms with Gasteiger partial charge in [0.15, 0.2) is 0 Å². The molecular weight excluding hydrogens is 314 g/mol. The predicted octanol–water partition coefficient (Wildman–Crippen LogP) is 3.74. The van der Waals surface area contributed by atoms with Gasteiger partial charge in [-0.3, -0.25) is 0 Å². The van der Waals surface area contributed by atoms with Gasteiger partial charge in [-0.15, -0.1) is 0 Å². The largest absolute Gasteiger partial charge is 0.497 e. The van der Waals surface area contributed by atoms with Gasteiger partial charge in [0.25, 0.3) is 0 Å². The van der Waals surface area contributed by atoms with Gasteiger partial charge in [-0.1, -0.05) is 12.1 Å². The van der Waals surface area contributed by atoms with E-state index in [1.165, 1.54) is 5.56 Å². The molecule has 0 aliphatic carbocycles. The number of rotatable bonds is 7. The number of methoxy groups -OCH3 is 2. The van der Waals surface area contributed by atoms with E-state index in [0.717, 1.165) is 22.7 Å². The molecule has 0 aliphatic heterocycles. The van der Waals surface area contributed by atoms with Gasteiger partial charge in [-0.2, -0.15) is 0 Å². The molecule has 0 radical (unpaired) electrons. The highest BCUT2D eigenvalue weighted by Gasteiger charge is 2.09. The minimum Gasteiger partial charge on any atom is -0.497 e. The zero-order chi connectivity index (χ0) is 17.6. The lowest BCUT2D eigenvalue weighted by atomic mass is 10.1. The minimum atomic E-state index is 0.216. The molecule has 1 aromatic heterocycles. The van der Waals surface area contributed by atoms with Crippen molar-refractivity contribution >= 4 is 0 Å². The van der Waals surface area contributed by atoms with E-state index >= 15 is 0 Å². The summed E-state index contributed by atoms with van der Waals surface area (Å²) in [5.74, 6) is 1.69. The Labute approximate surface area is 148 Å². The van der Waals surface area contributed by atoms with Gasteiger partial charge in [0.05, 0.1) is 20.5 Å². The maximum atomic E-state index is 5.44. The van der Waals surface area contributed by atoms with Crippen LogP contribution in [-0.2, 0) is 6.54 Å². The van der Waals surface area contributed by atoms with E-state index in [2.05, 4.69) is 41.5 Å². The zero-order valence-corrected chi connectivity index (χ0v) is 14.8. The minimum absolute atomic E-state index is 0.216. The fourth-order valence-corrected chi connectivity index (χ4v) is 2.75. The van der Waals surface area contributed by atoms with E-state index in [4.69, 9.17) is 9.47 Å². The van der Waals surface area contributed by atoms with Crippen LogP contribution in [0.5, 0.6) is 11.5 Å². The van der Waals surface area contributed by atoms with E-state index < -0.39 is 0 Å². The lowest BCUT2D eigenvalue weighted by molar-refractivity contribution is 0.395. The SMILES string of the molecule is COc1ccc(OC)c(CN[C@@H](C)c2ccc(-n3ccnc3)cc2)c1. The Balaban J connectivity index is 1.67. The van der Waals surface area contributed by atoms with Crippen LogP contribution in [-0.4, -0.2) is 23.8 Å². The van der Waals surface area contributed by atoms with Gasteiger partial charge in [0, 0.05) is 36.2 Å². The Morgan fingerprint density at radius 2 is 1.88 bits per heavy atom. The van der Waals surface area contributed by atoms with Crippen LogP contribution in [0.25, 0.3) is 5.69 Å². The Morgan fingerprint density at radius 1 is 1.08 bits per heavy atom. The summed E-state index contributed by atoms with van der Waals surface area (Å²) in [6.45, 7) is 2.85. The van der Waals surface area contributed by atoms with Crippen molar-refractivity contribution in [2.75, 3.05) is 14.2 Å². The van der Waals surface area contributed by atoms with Crippen molar-refractivity contribution in [2.45, 2.75) is 19.5 Å². The highest BCUT2D eigenvalue weighted by molar-refractivity contribution is 5.40. The first-order valence-corrected chi connectivity index (χ1v) is 8.24. The van der Waals surface area contributed by atoms with Crippen LogP contribution < -0.4 is 14.8 Å². The molecule has 0 aliphatic rings. The molecule has 0 spiro atoms. The Morgan fingerprint density at radius 3 is 2.52 bits per heavy atom. The average molecular weight is 337 g/mol. The summed E-state index contributed by atoms with van der Waals surface area (Å²) in [5, 5.41) is 3.54. The van der Waals surface area contributed by atoms with Crippen molar-refractivity contribution in [3.05, 3.63) is 72.3 Å². The first-order valence-electron chi connectivity index (χ1n) is 8.24. The Bertz CT molecular complexity index is 798. The van der Waals surface area contributed by atoms with Crippen LogP contribution in [0.15, 0.2) is 61.2 Å². The summed E-state index contributed by atoms with van der Waals surface area (Å²) >= 11 is 0. The van der Waals surface area contributed by atoms with Gasteiger partial charge in [-0.05, 0) is 42.8 Å². The van der Waals surface area contributed by atoms with Crippen LogP contribution in [0.3, 0.4) is 0 Å². The van der Waals surface area contributed by atoms with E-state index in [9.17, 15) is 0 Å². The summed E-state index contributed by atoms with van der Waals surface area (Å²) in [4.78, 5) is 4.08. The molecule has 1 N–H and O–H groups in total. The third-order valence-electron chi connectivity index (χ3n) is 4.28. The fraction of sp³-hybridized carbons (Fsp3) is 0.250. The molecule has 3 rings (SSSR count). The van der Waals surface area contributed by atoms with Crippen LogP contribution >= 0.6 is 0 Å². The number of benzene rings is 2. The van der Waals surface area contributed by atoms with Gasteiger partial charge in [0.1, 0.15) is 11.5 Å². The van der Waals surface area contributed by atoms with Gasteiger partial charge >= 0.3 is 0 Å². The molecule has 0 fully saturated rings. The lowest BCUT2D eigenvalue weighted by Crippen LogP contribution is -2.18. The van der Waals surface area contributed by atoms with Crippen molar-refractivity contribution < 1.29 is 9.47 Å². The molecule has 0 unspecified atom stereocenters. The van der Waals surface area contributed by atoms with Crippen LogP contribution in [0.1, 0.15) is 24.1 Å². The van der Waals surface area contributed by atoms with Crippen LogP contribution in [0.4, 0.5) is 0 Å². The maximum Gasteiger partial charge on any atom is 0.123 e. The number of hydrogen-bond donors (Lipinski definition) is 1. The summed E-state index contributed by atoms with van der Waals surface area (Å²) in [7, 11) is 3.35. The Hall–Kier alpha value is -2.79. The highest BCUT2D eigenvalue weighted by Crippen LogP contribution is 2.25. The summed E-state index contributed by atoms with van der Waals surface area (Å²) < 4.78 is 12.7. The smallest absolute Gasteiger partial charge is 0.123 e. The van der Waals surface area contributed by atoms with Crippen LogP contribution in [0.2, 0.25) is 0 Å². The Kier molecular flexibility index (Phi) is 5.36. The third-order valence-corrected chi connectivity index (χ3v) is 4.28. The number of hydrogen-bond acceptors (Lipinski definition) is 4. The molecule has 0 saturated heterocycles. The van der Waals surface area contributed by atoms with E-state index in [0.29, 0.717) is 6.54 Å².